The second-order valence-corrected chi connectivity index (χ2v) is 6.19. The van der Waals surface area contributed by atoms with E-state index in [4.69, 9.17) is 0 Å². The summed E-state index contributed by atoms with van der Waals surface area (Å²) in [7, 11) is -4.23. The Kier molecular flexibility index (Phi) is 5.03. The standard InChI is InChI=1S/C10H10BrF3N2O3S/c1-6(15-19-2)8-5-7(11)3-4-9(8)16-20(17,18)10(12,13)14/h3-5,16H,1-2H3. The van der Waals surface area contributed by atoms with Gasteiger partial charge in [0, 0.05) is 10.0 Å². The molecule has 1 rings (SSSR count). The third-order valence-corrected chi connectivity index (χ3v) is 3.74. The summed E-state index contributed by atoms with van der Waals surface area (Å²) in [4.78, 5) is 4.52. The molecule has 0 aliphatic carbocycles. The Morgan fingerprint density at radius 2 is 2.00 bits per heavy atom. The van der Waals surface area contributed by atoms with Crippen LogP contribution >= 0.6 is 15.9 Å². The van der Waals surface area contributed by atoms with E-state index in [0.29, 0.717) is 4.47 Å². The normalized spacial score (nSPS) is 13.2. The van der Waals surface area contributed by atoms with E-state index in [1.54, 1.807) is 0 Å². The fraction of sp³-hybridized carbons (Fsp3) is 0.300. The van der Waals surface area contributed by atoms with Gasteiger partial charge in [-0.05, 0) is 25.1 Å². The zero-order chi connectivity index (χ0) is 15.6. The molecule has 0 fully saturated rings. The molecule has 0 aromatic heterocycles. The number of anilines is 1. The SMILES string of the molecule is CON=C(C)c1cc(Br)ccc1NS(=O)(=O)C(F)(F)F. The Bertz CT molecular complexity index is 629. The minimum absolute atomic E-state index is 0.161. The van der Waals surface area contributed by atoms with Gasteiger partial charge in [-0.1, -0.05) is 21.1 Å². The third kappa shape index (κ3) is 3.85. The van der Waals surface area contributed by atoms with Crippen molar-refractivity contribution in [1.29, 1.82) is 0 Å². The molecule has 5 nitrogen and oxygen atoms in total. The number of hydrogen-bond donors (Lipinski definition) is 1. The van der Waals surface area contributed by atoms with Gasteiger partial charge in [0.05, 0.1) is 11.4 Å². The zero-order valence-electron chi connectivity index (χ0n) is 10.3. The van der Waals surface area contributed by atoms with Crippen LogP contribution in [0.4, 0.5) is 18.9 Å². The molecular weight excluding hydrogens is 365 g/mol. The summed E-state index contributed by atoms with van der Waals surface area (Å²) in [6.45, 7) is 1.47. The molecule has 1 aromatic carbocycles. The van der Waals surface area contributed by atoms with Gasteiger partial charge in [-0.2, -0.15) is 21.6 Å². The molecule has 1 aromatic rings. The number of halogens is 4. The smallest absolute Gasteiger partial charge is 0.399 e. The average molecular weight is 375 g/mol. The molecule has 0 aliphatic rings. The Morgan fingerprint density at radius 3 is 2.50 bits per heavy atom. The predicted octanol–water partition coefficient (Wildman–Crippen LogP) is 3.08. The first-order valence-corrected chi connectivity index (χ1v) is 7.33. The van der Waals surface area contributed by atoms with Crippen molar-refractivity contribution in [3.8, 4) is 0 Å². The van der Waals surface area contributed by atoms with Gasteiger partial charge < -0.3 is 4.84 Å². The van der Waals surface area contributed by atoms with Gasteiger partial charge in [-0.25, -0.2) is 0 Å². The van der Waals surface area contributed by atoms with Crippen molar-refractivity contribution >= 4 is 37.4 Å². The summed E-state index contributed by atoms with van der Waals surface area (Å²) >= 11 is 3.14. The van der Waals surface area contributed by atoms with Gasteiger partial charge >= 0.3 is 15.5 Å². The summed E-state index contributed by atoms with van der Waals surface area (Å²) in [6.07, 6.45) is 0. The Labute approximate surface area is 122 Å². The van der Waals surface area contributed by atoms with Crippen LogP contribution in [0.3, 0.4) is 0 Å². The van der Waals surface area contributed by atoms with Crippen molar-refractivity contribution in [2.45, 2.75) is 12.4 Å². The molecule has 0 saturated heterocycles. The van der Waals surface area contributed by atoms with Crippen LogP contribution < -0.4 is 4.72 Å². The molecule has 0 spiro atoms. The van der Waals surface area contributed by atoms with Gasteiger partial charge in [-0.15, -0.1) is 0 Å². The molecule has 10 heteroatoms. The van der Waals surface area contributed by atoms with Crippen LogP contribution in [0.1, 0.15) is 12.5 Å². The molecule has 0 heterocycles. The number of alkyl halides is 3. The molecule has 0 saturated carbocycles. The van der Waals surface area contributed by atoms with Crippen molar-refractivity contribution in [3.05, 3.63) is 28.2 Å². The molecule has 0 aliphatic heterocycles. The van der Waals surface area contributed by atoms with E-state index >= 15 is 0 Å². The van der Waals surface area contributed by atoms with Gasteiger partial charge in [0.2, 0.25) is 0 Å². The minimum atomic E-state index is -5.50. The van der Waals surface area contributed by atoms with Crippen LogP contribution in [0.25, 0.3) is 0 Å². The maximum atomic E-state index is 12.4. The maximum absolute atomic E-state index is 12.4. The van der Waals surface area contributed by atoms with Crippen molar-refractivity contribution in [1.82, 2.24) is 0 Å². The lowest BCUT2D eigenvalue weighted by atomic mass is 10.1. The fourth-order valence-electron chi connectivity index (χ4n) is 1.29. The number of rotatable bonds is 4. The summed E-state index contributed by atoms with van der Waals surface area (Å²) in [6, 6.07) is 4.02. The topological polar surface area (TPSA) is 67.8 Å². The highest BCUT2D eigenvalue weighted by atomic mass is 79.9. The van der Waals surface area contributed by atoms with Crippen LogP contribution in [-0.4, -0.2) is 26.7 Å². The van der Waals surface area contributed by atoms with E-state index in [9.17, 15) is 21.6 Å². The molecule has 112 valence electrons. The highest BCUT2D eigenvalue weighted by molar-refractivity contribution is 9.10. The largest absolute Gasteiger partial charge is 0.516 e. The molecule has 0 amide bonds. The van der Waals surface area contributed by atoms with E-state index in [2.05, 4.69) is 25.9 Å². The van der Waals surface area contributed by atoms with Gasteiger partial charge in [0.1, 0.15) is 7.11 Å². The first-order chi connectivity index (χ1) is 9.08. The number of sulfonamides is 1. The van der Waals surface area contributed by atoms with E-state index < -0.39 is 15.5 Å². The van der Waals surface area contributed by atoms with Gasteiger partial charge in [0.15, 0.2) is 0 Å². The quantitative estimate of drug-likeness (QED) is 0.650. The lowest BCUT2D eigenvalue weighted by Crippen LogP contribution is -2.30. The monoisotopic (exact) mass is 374 g/mol. The summed E-state index contributed by atoms with van der Waals surface area (Å²) in [5.74, 6) is 0. The van der Waals surface area contributed by atoms with Crippen molar-refractivity contribution in [2.75, 3.05) is 11.8 Å². The number of hydrogen-bond acceptors (Lipinski definition) is 4. The van der Waals surface area contributed by atoms with Gasteiger partial charge in [-0.3, -0.25) is 4.72 Å². The molecule has 0 radical (unpaired) electrons. The third-order valence-electron chi connectivity index (χ3n) is 2.15. The predicted molar refractivity (Wildman–Crippen MR) is 72.0 cm³/mol. The first kappa shape index (κ1) is 16.8. The lowest BCUT2D eigenvalue weighted by Gasteiger charge is -2.14. The van der Waals surface area contributed by atoms with Crippen LogP contribution in [0.15, 0.2) is 27.8 Å². The van der Waals surface area contributed by atoms with Crippen LogP contribution in [-0.2, 0) is 14.9 Å². The Morgan fingerprint density at radius 1 is 1.40 bits per heavy atom. The highest BCUT2D eigenvalue weighted by Gasteiger charge is 2.46. The van der Waals surface area contributed by atoms with Crippen molar-refractivity contribution in [2.24, 2.45) is 5.16 Å². The summed E-state index contributed by atoms with van der Waals surface area (Å²) in [5.41, 5.74) is -5.27. The summed E-state index contributed by atoms with van der Waals surface area (Å²) in [5, 5.41) is 3.57. The molecular formula is C10H10BrF3N2O3S. The van der Waals surface area contributed by atoms with E-state index in [1.807, 2.05) is 0 Å². The number of oxime groups is 1. The maximum Gasteiger partial charge on any atom is 0.516 e. The molecule has 1 N–H and O–H groups in total. The number of benzene rings is 1. The Hall–Kier alpha value is -1.29. The molecule has 0 bridgehead atoms. The first-order valence-electron chi connectivity index (χ1n) is 5.05. The molecule has 0 unspecified atom stereocenters. The van der Waals surface area contributed by atoms with E-state index in [1.165, 1.54) is 37.0 Å². The second kappa shape index (κ2) is 6.00. The van der Waals surface area contributed by atoms with Gasteiger partial charge in [0.25, 0.3) is 0 Å². The Balaban J connectivity index is 3.30. The summed E-state index contributed by atoms with van der Waals surface area (Å²) < 4.78 is 61.4. The molecule has 0 atom stereocenters. The second-order valence-electron chi connectivity index (χ2n) is 3.60. The fourth-order valence-corrected chi connectivity index (χ4v) is 2.24. The van der Waals surface area contributed by atoms with Crippen LogP contribution in [0.5, 0.6) is 0 Å². The lowest BCUT2D eigenvalue weighted by molar-refractivity contribution is -0.0429. The van der Waals surface area contributed by atoms with Crippen LogP contribution in [0.2, 0.25) is 0 Å². The van der Waals surface area contributed by atoms with Crippen molar-refractivity contribution in [3.63, 3.8) is 0 Å². The van der Waals surface area contributed by atoms with Crippen LogP contribution in [0, 0.1) is 0 Å². The highest BCUT2D eigenvalue weighted by Crippen LogP contribution is 2.28. The number of nitrogens with zero attached hydrogens (tertiary/aromatic N) is 1. The zero-order valence-corrected chi connectivity index (χ0v) is 12.7. The molecule has 20 heavy (non-hydrogen) atoms. The minimum Gasteiger partial charge on any atom is -0.399 e. The van der Waals surface area contributed by atoms with Crippen molar-refractivity contribution < 1.29 is 26.4 Å². The van der Waals surface area contributed by atoms with E-state index in [-0.39, 0.29) is 17.0 Å². The average Bonchev–Trinajstić information content (AvgIpc) is 2.30. The van der Waals surface area contributed by atoms with E-state index in [0.717, 1.165) is 0 Å². The number of nitrogens with one attached hydrogen (secondary N) is 1.